The zero-order valence-electron chi connectivity index (χ0n) is 15.7. The Labute approximate surface area is 166 Å². The van der Waals surface area contributed by atoms with Crippen molar-refractivity contribution in [3.63, 3.8) is 0 Å². The third kappa shape index (κ3) is 5.14. The molecule has 0 aliphatic heterocycles. The molecule has 0 radical (unpaired) electrons. The number of ether oxygens (including phenoxy) is 3. The first-order valence-electron chi connectivity index (χ1n) is 8.42. The first-order valence-corrected chi connectivity index (χ1v) is 9.22. The summed E-state index contributed by atoms with van der Waals surface area (Å²) in [6.07, 6.45) is -0.925. The van der Waals surface area contributed by atoms with Gasteiger partial charge in [-0.15, -0.1) is 0 Å². The number of hydrogen-bond acceptors (Lipinski definition) is 6. The summed E-state index contributed by atoms with van der Waals surface area (Å²) in [7, 11) is 3.04. The van der Waals surface area contributed by atoms with Crippen LogP contribution >= 0.6 is 15.9 Å². The monoisotopic (exact) mass is 441 g/mol. The molecule has 9 heteroatoms. The average Bonchev–Trinajstić information content (AvgIpc) is 3.05. The normalized spacial score (nSPS) is 12.0. The van der Waals surface area contributed by atoms with Crippen molar-refractivity contribution in [1.82, 2.24) is 15.5 Å². The van der Waals surface area contributed by atoms with Crippen LogP contribution in [0.25, 0.3) is 0 Å². The van der Waals surface area contributed by atoms with Crippen molar-refractivity contribution >= 4 is 21.8 Å². The van der Waals surface area contributed by atoms with Crippen LogP contribution in [0.4, 0.5) is 0 Å². The molecule has 1 amide bonds. The Morgan fingerprint density at radius 2 is 1.93 bits per heavy atom. The number of H-pyrrole nitrogens is 1. The van der Waals surface area contributed by atoms with Crippen LogP contribution < -0.4 is 19.5 Å². The lowest BCUT2D eigenvalue weighted by molar-refractivity contribution is 0.0829. The molecule has 0 bridgehead atoms. The van der Waals surface area contributed by atoms with E-state index in [-0.39, 0.29) is 30.7 Å². The molecular formula is C18H24BrN3O5. The number of halogens is 1. The Bertz CT molecular complexity index is 756. The second-order valence-corrected chi connectivity index (χ2v) is 6.91. The highest BCUT2D eigenvalue weighted by Crippen LogP contribution is 2.36. The fourth-order valence-corrected chi connectivity index (χ4v) is 3.18. The lowest BCUT2D eigenvalue weighted by Gasteiger charge is -2.17. The van der Waals surface area contributed by atoms with Crippen molar-refractivity contribution in [1.29, 1.82) is 0 Å². The van der Waals surface area contributed by atoms with Gasteiger partial charge in [-0.05, 0) is 34.0 Å². The van der Waals surface area contributed by atoms with Crippen molar-refractivity contribution in [3.8, 4) is 17.2 Å². The molecule has 1 unspecified atom stereocenters. The number of aromatic nitrogens is 2. The quantitative estimate of drug-likeness (QED) is 0.551. The number of para-hydroxylation sites is 1. The predicted molar refractivity (Wildman–Crippen MR) is 104 cm³/mol. The molecule has 0 fully saturated rings. The van der Waals surface area contributed by atoms with Crippen LogP contribution in [-0.2, 0) is 0 Å². The number of carbonyl (C=O) groups excluding carboxylic acids is 1. The first-order chi connectivity index (χ1) is 12.9. The first kappa shape index (κ1) is 21.0. The van der Waals surface area contributed by atoms with Crippen LogP contribution in [0, 0.1) is 0 Å². The highest BCUT2D eigenvalue weighted by molar-refractivity contribution is 9.10. The van der Waals surface area contributed by atoms with Gasteiger partial charge in [0.2, 0.25) is 5.75 Å². The third-order valence-corrected chi connectivity index (χ3v) is 4.63. The topological polar surface area (TPSA) is 106 Å². The lowest BCUT2D eigenvalue weighted by Crippen LogP contribution is -2.35. The van der Waals surface area contributed by atoms with Crippen LogP contribution in [0.1, 0.15) is 35.9 Å². The fraction of sp³-hybridized carbons (Fsp3) is 0.444. The molecule has 8 nitrogen and oxygen atoms in total. The number of aliphatic hydroxyl groups is 1. The van der Waals surface area contributed by atoms with E-state index in [1.807, 2.05) is 13.8 Å². The number of nitrogens with one attached hydrogen (secondary N) is 2. The summed E-state index contributed by atoms with van der Waals surface area (Å²) in [6.45, 7) is 3.95. The molecule has 0 spiro atoms. The Kier molecular flexibility index (Phi) is 7.49. The zero-order valence-corrected chi connectivity index (χ0v) is 17.3. The van der Waals surface area contributed by atoms with E-state index in [9.17, 15) is 9.90 Å². The van der Waals surface area contributed by atoms with E-state index in [2.05, 4.69) is 31.4 Å². The average molecular weight is 442 g/mol. The Morgan fingerprint density at radius 3 is 2.44 bits per heavy atom. The molecule has 1 atom stereocenters. The van der Waals surface area contributed by atoms with E-state index >= 15 is 0 Å². The standard InChI is InChI=1S/C18H24BrN3O5/c1-10(2)15-14(19)16(22-21-15)18(24)20-8-11(23)9-27-17-12(25-3)6-5-7-13(17)26-4/h5-7,10-11,23H,8-9H2,1-4H3,(H,20,24)(H,21,22). The maximum Gasteiger partial charge on any atom is 0.273 e. The molecule has 3 N–H and O–H groups in total. The molecule has 0 saturated carbocycles. The van der Waals surface area contributed by atoms with E-state index in [1.54, 1.807) is 18.2 Å². The summed E-state index contributed by atoms with van der Waals surface area (Å²) >= 11 is 3.38. The molecule has 2 aromatic rings. The number of carbonyl (C=O) groups is 1. The van der Waals surface area contributed by atoms with Crippen LogP contribution in [0.2, 0.25) is 0 Å². The molecular weight excluding hydrogens is 418 g/mol. The maximum absolute atomic E-state index is 12.3. The van der Waals surface area contributed by atoms with Crippen LogP contribution in [0.15, 0.2) is 22.7 Å². The van der Waals surface area contributed by atoms with Gasteiger partial charge in [-0.2, -0.15) is 5.10 Å². The highest BCUT2D eigenvalue weighted by atomic mass is 79.9. The molecule has 0 aliphatic carbocycles. The molecule has 0 saturated heterocycles. The van der Waals surface area contributed by atoms with Crippen LogP contribution in [-0.4, -0.2) is 54.7 Å². The summed E-state index contributed by atoms with van der Waals surface area (Å²) in [5.41, 5.74) is 1.09. The van der Waals surface area contributed by atoms with E-state index in [1.165, 1.54) is 14.2 Å². The maximum atomic E-state index is 12.3. The van der Waals surface area contributed by atoms with Crippen LogP contribution in [0.3, 0.4) is 0 Å². The van der Waals surface area contributed by atoms with Crippen LogP contribution in [0.5, 0.6) is 17.2 Å². The third-order valence-electron chi connectivity index (χ3n) is 3.83. The van der Waals surface area contributed by atoms with E-state index in [0.29, 0.717) is 21.7 Å². The van der Waals surface area contributed by atoms with E-state index in [0.717, 1.165) is 5.69 Å². The van der Waals surface area contributed by atoms with Gasteiger partial charge in [0, 0.05) is 6.54 Å². The summed E-state index contributed by atoms with van der Waals surface area (Å²) in [4.78, 5) is 12.3. The van der Waals surface area contributed by atoms with Crippen molar-refractivity contribution in [2.24, 2.45) is 0 Å². The number of benzene rings is 1. The summed E-state index contributed by atoms with van der Waals surface area (Å²) in [5.74, 6) is 1.19. The number of rotatable bonds is 9. The molecule has 0 aliphatic rings. The molecule has 2 rings (SSSR count). The van der Waals surface area contributed by atoms with Crippen molar-refractivity contribution in [3.05, 3.63) is 34.1 Å². The Balaban J connectivity index is 1.92. The molecule has 148 valence electrons. The highest BCUT2D eigenvalue weighted by Gasteiger charge is 2.20. The number of aliphatic hydroxyl groups excluding tert-OH is 1. The summed E-state index contributed by atoms with van der Waals surface area (Å²) in [5, 5.41) is 19.6. The van der Waals surface area contributed by atoms with Gasteiger partial charge in [0.05, 0.1) is 24.4 Å². The molecule has 1 heterocycles. The van der Waals surface area contributed by atoms with Crippen molar-refractivity contribution in [2.45, 2.75) is 25.9 Å². The minimum Gasteiger partial charge on any atom is -0.493 e. The Hall–Kier alpha value is -2.26. The number of amides is 1. The number of methoxy groups -OCH3 is 2. The van der Waals surface area contributed by atoms with E-state index < -0.39 is 6.10 Å². The minimum atomic E-state index is -0.925. The summed E-state index contributed by atoms with van der Waals surface area (Å²) in [6, 6.07) is 5.23. The van der Waals surface area contributed by atoms with Gasteiger partial charge in [-0.25, -0.2) is 0 Å². The molecule has 1 aromatic heterocycles. The molecule has 27 heavy (non-hydrogen) atoms. The van der Waals surface area contributed by atoms with Gasteiger partial charge in [-0.1, -0.05) is 19.9 Å². The minimum absolute atomic E-state index is 0.00656. The van der Waals surface area contributed by atoms with Gasteiger partial charge in [0.15, 0.2) is 17.2 Å². The van der Waals surface area contributed by atoms with Gasteiger partial charge < -0.3 is 24.6 Å². The van der Waals surface area contributed by atoms with E-state index in [4.69, 9.17) is 14.2 Å². The smallest absolute Gasteiger partial charge is 0.273 e. The van der Waals surface area contributed by atoms with Gasteiger partial charge in [-0.3, -0.25) is 9.89 Å². The van der Waals surface area contributed by atoms with Gasteiger partial charge >= 0.3 is 0 Å². The fourth-order valence-electron chi connectivity index (χ4n) is 2.37. The SMILES string of the molecule is COc1cccc(OC)c1OCC(O)CNC(=O)c1n[nH]c(C(C)C)c1Br. The second-order valence-electron chi connectivity index (χ2n) is 6.12. The summed E-state index contributed by atoms with van der Waals surface area (Å²) < 4.78 is 16.7. The lowest BCUT2D eigenvalue weighted by atomic mass is 10.1. The number of aromatic amines is 1. The van der Waals surface area contributed by atoms with Gasteiger partial charge in [0.1, 0.15) is 12.7 Å². The molecule has 1 aromatic carbocycles. The predicted octanol–water partition coefficient (Wildman–Crippen LogP) is 2.48. The van der Waals surface area contributed by atoms with Crippen molar-refractivity contribution < 1.29 is 24.1 Å². The zero-order chi connectivity index (χ0) is 20.0. The van der Waals surface area contributed by atoms with Crippen molar-refractivity contribution in [2.75, 3.05) is 27.4 Å². The second kappa shape index (κ2) is 9.61. The Morgan fingerprint density at radius 1 is 1.30 bits per heavy atom. The number of hydrogen-bond donors (Lipinski definition) is 3. The number of nitrogens with zero attached hydrogens (tertiary/aromatic N) is 1. The van der Waals surface area contributed by atoms with Gasteiger partial charge in [0.25, 0.3) is 5.91 Å². The largest absolute Gasteiger partial charge is 0.493 e.